The van der Waals surface area contributed by atoms with E-state index in [2.05, 4.69) is 15.2 Å². The Morgan fingerprint density at radius 3 is 3.05 bits per heavy atom. The molecule has 3 aromatic rings. The van der Waals surface area contributed by atoms with Crippen molar-refractivity contribution >= 4 is 17.1 Å². The molecule has 0 aromatic carbocycles. The monoisotopic (exact) mass is 259 g/mol. The van der Waals surface area contributed by atoms with Crippen LogP contribution in [-0.2, 0) is 0 Å². The van der Waals surface area contributed by atoms with Gasteiger partial charge in [-0.15, -0.1) is 0 Å². The molecule has 0 fully saturated rings. The van der Waals surface area contributed by atoms with Crippen LogP contribution < -0.4 is 4.90 Å². The third kappa shape index (κ3) is 1.75. The first kappa shape index (κ1) is 11.4. The number of nitrogens with zero attached hydrogens (tertiary/aromatic N) is 4. The third-order valence-corrected chi connectivity index (χ3v) is 2.89. The fourth-order valence-corrected chi connectivity index (χ4v) is 1.84. The highest BCUT2D eigenvalue weighted by Gasteiger charge is 2.20. The molecule has 0 aliphatic carbocycles. The molecule has 3 heterocycles. The maximum atomic E-state index is 13.5. The molecule has 0 bridgehead atoms. The number of aromatic amines is 1. The van der Waals surface area contributed by atoms with Crippen LogP contribution in [0.25, 0.3) is 5.52 Å². The van der Waals surface area contributed by atoms with Gasteiger partial charge in [0, 0.05) is 19.4 Å². The van der Waals surface area contributed by atoms with Gasteiger partial charge in [0.05, 0.1) is 18.1 Å². The molecule has 7 heteroatoms. The summed E-state index contributed by atoms with van der Waals surface area (Å²) in [6.45, 7) is 0. The normalized spacial score (nSPS) is 10.8. The lowest BCUT2D eigenvalue weighted by atomic mass is 10.4. The minimum absolute atomic E-state index is 0.151. The molecule has 0 radical (unpaired) electrons. The van der Waals surface area contributed by atoms with E-state index in [0.29, 0.717) is 5.69 Å². The van der Waals surface area contributed by atoms with Gasteiger partial charge in [-0.3, -0.25) is 14.3 Å². The van der Waals surface area contributed by atoms with E-state index in [-0.39, 0.29) is 17.2 Å². The summed E-state index contributed by atoms with van der Waals surface area (Å²) in [7, 11) is 1.60. The van der Waals surface area contributed by atoms with Crippen molar-refractivity contribution in [2.24, 2.45) is 0 Å². The van der Waals surface area contributed by atoms with Crippen molar-refractivity contribution in [2.75, 3.05) is 11.9 Å². The van der Waals surface area contributed by atoms with Crippen molar-refractivity contribution in [3.05, 3.63) is 48.6 Å². The average molecular weight is 259 g/mol. The molecule has 1 N–H and O–H groups in total. The van der Waals surface area contributed by atoms with Gasteiger partial charge in [-0.05, 0) is 12.1 Å². The van der Waals surface area contributed by atoms with Gasteiger partial charge in [-0.25, -0.2) is 9.37 Å². The Bertz CT molecular complexity index is 734. The third-order valence-electron chi connectivity index (χ3n) is 2.89. The number of anilines is 1. The quantitative estimate of drug-likeness (QED) is 0.758. The van der Waals surface area contributed by atoms with Crippen LogP contribution in [0.5, 0.6) is 0 Å². The topological polar surface area (TPSA) is 66.3 Å². The van der Waals surface area contributed by atoms with Gasteiger partial charge in [-0.1, -0.05) is 0 Å². The molecule has 96 valence electrons. The van der Waals surface area contributed by atoms with E-state index < -0.39 is 5.82 Å². The molecule has 0 aliphatic heterocycles. The lowest BCUT2D eigenvalue weighted by Crippen LogP contribution is -2.27. The number of carbonyl (C=O) groups is 1. The summed E-state index contributed by atoms with van der Waals surface area (Å²) in [6.07, 6.45) is 6.05. The maximum Gasteiger partial charge on any atom is 0.294 e. The zero-order chi connectivity index (χ0) is 13.4. The Morgan fingerprint density at radius 1 is 1.47 bits per heavy atom. The number of pyridine rings is 1. The predicted octanol–water partition coefficient (Wildman–Crippen LogP) is 1.47. The number of H-pyrrole nitrogens is 1. The van der Waals surface area contributed by atoms with Gasteiger partial charge in [0.15, 0.2) is 0 Å². The van der Waals surface area contributed by atoms with Gasteiger partial charge in [0.1, 0.15) is 11.3 Å². The van der Waals surface area contributed by atoms with Gasteiger partial charge in [0.2, 0.25) is 5.82 Å². The first-order chi connectivity index (χ1) is 9.18. The smallest absolute Gasteiger partial charge is 0.294 e. The number of imidazole rings is 1. The summed E-state index contributed by atoms with van der Waals surface area (Å²) in [5.74, 6) is -0.606. The van der Waals surface area contributed by atoms with Crippen molar-refractivity contribution in [3.8, 4) is 0 Å². The summed E-state index contributed by atoms with van der Waals surface area (Å²) >= 11 is 0. The van der Waals surface area contributed by atoms with Crippen molar-refractivity contribution in [1.29, 1.82) is 0 Å². The minimum atomic E-state index is -0.417. The maximum absolute atomic E-state index is 13.5. The first-order valence-electron chi connectivity index (χ1n) is 5.57. The molecule has 0 spiro atoms. The Kier molecular flexibility index (Phi) is 2.52. The number of rotatable bonds is 2. The van der Waals surface area contributed by atoms with E-state index in [9.17, 15) is 9.18 Å². The van der Waals surface area contributed by atoms with E-state index in [4.69, 9.17) is 0 Å². The fourth-order valence-electron chi connectivity index (χ4n) is 1.84. The fraction of sp³-hybridized carbons (Fsp3) is 0.0833. The molecular formula is C12H10FN5O. The molecule has 0 unspecified atom stereocenters. The molecule has 1 amide bonds. The van der Waals surface area contributed by atoms with Crippen molar-refractivity contribution in [1.82, 2.24) is 19.6 Å². The van der Waals surface area contributed by atoms with Gasteiger partial charge in [0.25, 0.3) is 5.91 Å². The van der Waals surface area contributed by atoms with E-state index in [1.54, 1.807) is 19.4 Å². The summed E-state index contributed by atoms with van der Waals surface area (Å²) in [6, 6.07) is 2.85. The van der Waals surface area contributed by atoms with Crippen LogP contribution in [0.15, 0.2) is 36.9 Å². The number of amides is 1. The SMILES string of the molecule is CN(C(=O)c1ncc2c(F)cccn12)c1cn[nH]c1. The first-order valence-corrected chi connectivity index (χ1v) is 5.57. The van der Waals surface area contributed by atoms with Crippen molar-refractivity contribution in [3.63, 3.8) is 0 Å². The number of nitrogens with one attached hydrogen (secondary N) is 1. The van der Waals surface area contributed by atoms with Crippen LogP contribution in [0.3, 0.4) is 0 Å². The van der Waals surface area contributed by atoms with E-state index in [0.717, 1.165) is 0 Å². The number of aromatic nitrogens is 4. The van der Waals surface area contributed by atoms with Crippen molar-refractivity contribution in [2.45, 2.75) is 0 Å². The van der Waals surface area contributed by atoms with Gasteiger partial charge >= 0.3 is 0 Å². The summed E-state index contributed by atoms with van der Waals surface area (Å²) in [4.78, 5) is 17.7. The molecule has 0 aliphatic rings. The number of fused-ring (bicyclic) bond motifs is 1. The number of hydrogen-bond donors (Lipinski definition) is 1. The Balaban J connectivity index is 2.05. The van der Waals surface area contributed by atoms with Crippen LogP contribution in [0.4, 0.5) is 10.1 Å². The number of hydrogen-bond acceptors (Lipinski definition) is 3. The molecule has 0 saturated carbocycles. The van der Waals surface area contributed by atoms with E-state index >= 15 is 0 Å². The second kappa shape index (κ2) is 4.20. The highest BCUT2D eigenvalue weighted by atomic mass is 19.1. The zero-order valence-electron chi connectivity index (χ0n) is 10.0. The van der Waals surface area contributed by atoms with E-state index in [1.807, 2.05) is 0 Å². The molecule has 3 rings (SSSR count). The predicted molar refractivity (Wildman–Crippen MR) is 66.5 cm³/mol. The highest BCUT2D eigenvalue weighted by Crippen LogP contribution is 2.15. The summed E-state index contributed by atoms with van der Waals surface area (Å²) < 4.78 is 15.0. The van der Waals surface area contributed by atoms with E-state index in [1.165, 1.54) is 33.8 Å². The Labute approximate surface area is 107 Å². The molecular weight excluding hydrogens is 249 g/mol. The lowest BCUT2D eigenvalue weighted by Gasteiger charge is -2.13. The molecule has 6 nitrogen and oxygen atoms in total. The van der Waals surface area contributed by atoms with Crippen LogP contribution in [0.1, 0.15) is 10.6 Å². The summed E-state index contributed by atoms with van der Waals surface area (Å²) in [5.41, 5.74) is 0.879. The largest absolute Gasteiger partial charge is 0.306 e. The van der Waals surface area contributed by atoms with Crippen LogP contribution in [-0.4, -0.2) is 32.5 Å². The Morgan fingerprint density at radius 2 is 2.32 bits per heavy atom. The van der Waals surface area contributed by atoms with Crippen LogP contribution in [0.2, 0.25) is 0 Å². The average Bonchev–Trinajstić information content (AvgIpc) is 3.07. The molecule has 0 atom stereocenters. The molecule has 0 saturated heterocycles. The summed E-state index contributed by atoms with van der Waals surface area (Å²) in [5, 5.41) is 6.40. The van der Waals surface area contributed by atoms with Gasteiger partial charge < -0.3 is 4.90 Å². The van der Waals surface area contributed by atoms with Gasteiger partial charge in [-0.2, -0.15) is 5.10 Å². The van der Waals surface area contributed by atoms with Crippen LogP contribution in [0, 0.1) is 5.82 Å². The molecule has 3 aromatic heterocycles. The Hall–Kier alpha value is -2.70. The second-order valence-corrected chi connectivity index (χ2v) is 4.01. The minimum Gasteiger partial charge on any atom is -0.306 e. The number of carbonyl (C=O) groups excluding carboxylic acids is 1. The zero-order valence-corrected chi connectivity index (χ0v) is 10.0. The molecule has 19 heavy (non-hydrogen) atoms. The lowest BCUT2D eigenvalue weighted by molar-refractivity contribution is 0.0982. The highest BCUT2D eigenvalue weighted by molar-refractivity contribution is 6.03. The standard InChI is InChI=1S/C12H10FN5O/c1-17(8-5-15-16-6-8)12(19)11-14-7-10-9(13)3-2-4-18(10)11/h2-7H,1H3,(H,15,16). The second-order valence-electron chi connectivity index (χ2n) is 4.01. The number of halogens is 1. The van der Waals surface area contributed by atoms with Crippen LogP contribution >= 0.6 is 0 Å². The van der Waals surface area contributed by atoms with Crippen molar-refractivity contribution < 1.29 is 9.18 Å².